The molecule has 23 heavy (non-hydrogen) atoms. The van der Waals surface area contributed by atoms with Crippen LogP contribution in [0.3, 0.4) is 0 Å². The Morgan fingerprint density at radius 2 is 1.30 bits per heavy atom. The van der Waals surface area contributed by atoms with Crippen molar-refractivity contribution in [1.29, 1.82) is 0 Å². The van der Waals surface area contributed by atoms with E-state index in [0.29, 0.717) is 5.95 Å². The number of fused-ring (bicyclic) bond motifs is 1. The van der Waals surface area contributed by atoms with Crippen molar-refractivity contribution >= 4 is 28.4 Å². The van der Waals surface area contributed by atoms with E-state index in [-0.39, 0.29) is 0 Å². The van der Waals surface area contributed by atoms with E-state index in [2.05, 4.69) is 19.9 Å². The Morgan fingerprint density at radius 3 is 1.96 bits per heavy atom. The molecule has 0 aliphatic carbocycles. The molecule has 4 aromatic rings. The molecule has 0 aliphatic heterocycles. The fourth-order valence-corrected chi connectivity index (χ4v) is 2.41. The lowest BCUT2D eigenvalue weighted by atomic mass is 10.2. The Labute approximate surface area is 133 Å². The van der Waals surface area contributed by atoms with Crippen LogP contribution in [0.5, 0.6) is 0 Å². The molecule has 0 radical (unpaired) electrons. The van der Waals surface area contributed by atoms with Crippen LogP contribution < -0.4 is 4.90 Å². The first kappa shape index (κ1) is 13.3. The molecule has 0 fully saturated rings. The predicted molar refractivity (Wildman–Crippen MR) is 89.8 cm³/mol. The van der Waals surface area contributed by atoms with Gasteiger partial charge in [0.05, 0.1) is 12.4 Å². The lowest BCUT2D eigenvalue weighted by Gasteiger charge is -2.22. The number of benzene rings is 2. The molecule has 0 aliphatic rings. The van der Waals surface area contributed by atoms with Crippen molar-refractivity contribution < 1.29 is 0 Å². The van der Waals surface area contributed by atoms with Crippen LogP contribution in [0.1, 0.15) is 0 Å². The number of hydrogen-bond acceptors (Lipinski definition) is 5. The van der Waals surface area contributed by atoms with E-state index < -0.39 is 0 Å². The molecule has 2 aromatic heterocycles. The Morgan fingerprint density at radius 1 is 0.652 bits per heavy atom. The summed E-state index contributed by atoms with van der Waals surface area (Å²) in [4.78, 5) is 19.3. The molecule has 0 saturated heterocycles. The molecule has 0 amide bonds. The maximum absolute atomic E-state index is 4.62. The van der Waals surface area contributed by atoms with Crippen molar-refractivity contribution in [3.8, 4) is 0 Å². The number of aromatic nitrogens is 4. The Bertz CT molecular complexity index is 886. The van der Waals surface area contributed by atoms with Crippen molar-refractivity contribution in [2.45, 2.75) is 0 Å². The molecule has 5 nitrogen and oxygen atoms in total. The smallest absolute Gasteiger partial charge is 0.235 e. The molecule has 5 heteroatoms. The third-order valence-electron chi connectivity index (χ3n) is 3.47. The quantitative estimate of drug-likeness (QED) is 0.574. The van der Waals surface area contributed by atoms with Crippen molar-refractivity contribution in [1.82, 2.24) is 19.9 Å². The molecular formula is C18H13N5. The van der Waals surface area contributed by atoms with Crippen LogP contribution in [0.4, 0.5) is 17.3 Å². The molecular weight excluding hydrogens is 286 g/mol. The van der Waals surface area contributed by atoms with Crippen LogP contribution in [0, 0.1) is 0 Å². The highest BCUT2D eigenvalue weighted by Crippen LogP contribution is 2.31. The van der Waals surface area contributed by atoms with Crippen molar-refractivity contribution in [3.63, 3.8) is 0 Å². The summed E-state index contributed by atoms with van der Waals surface area (Å²) in [6, 6.07) is 20.1. The average molecular weight is 299 g/mol. The zero-order chi connectivity index (χ0) is 15.5. The number of nitrogens with zero attached hydrogens (tertiary/aromatic N) is 5. The summed E-state index contributed by atoms with van der Waals surface area (Å²) in [5, 5.41) is 0. The minimum atomic E-state index is 0.588. The average Bonchev–Trinajstić information content (AvgIpc) is 2.64. The molecule has 0 saturated carbocycles. The van der Waals surface area contributed by atoms with Gasteiger partial charge in [0, 0.05) is 11.4 Å². The van der Waals surface area contributed by atoms with E-state index in [1.54, 1.807) is 12.4 Å². The fourth-order valence-electron chi connectivity index (χ4n) is 2.41. The molecule has 110 valence electrons. The second-order valence-electron chi connectivity index (χ2n) is 4.97. The second-order valence-corrected chi connectivity index (χ2v) is 4.97. The van der Waals surface area contributed by atoms with Gasteiger partial charge in [0.2, 0.25) is 5.95 Å². The predicted octanol–water partition coefficient (Wildman–Crippen LogP) is 3.89. The highest BCUT2D eigenvalue weighted by Gasteiger charge is 2.15. The second kappa shape index (κ2) is 5.81. The largest absolute Gasteiger partial charge is 0.279 e. The summed E-state index contributed by atoms with van der Waals surface area (Å²) in [5.41, 5.74) is 3.43. The van der Waals surface area contributed by atoms with Gasteiger partial charge in [0.25, 0.3) is 0 Å². The number of rotatable bonds is 3. The van der Waals surface area contributed by atoms with Gasteiger partial charge in [-0.1, -0.05) is 36.4 Å². The molecule has 2 aromatic carbocycles. The normalized spacial score (nSPS) is 10.6. The Hall–Kier alpha value is -3.34. The Kier molecular flexibility index (Phi) is 3.37. The van der Waals surface area contributed by atoms with Gasteiger partial charge < -0.3 is 0 Å². The van der Waals surface area contributed by atoms with Gasteiger partial charge in [-0.05, 0) is 24.3 Å². The summed E-state index contributed by atoms with van der Waals surface area (Å²) >= 11 is 0. The molecule has 0 spiro atoms. The third kappa shape index (κ3) is 2.60. The van der Waals surface area contributed by atoms with Crippen molar-refractivity contribution in [3.05, 3.63) is 79.4 Å². The molecule has 0 atom stereocenters. The summed E-state index contributed by atoms with van der Waals surface area (Å²) in [6.45, 7) is 0. The first-order valence-electron chi connectivity index (χ1n) is 7.25. The van der Waals surface area contributed by atoms with Crippen molar-refractivity contribution in [2.75, 3.05) is 4.90 Å². The van der Waals surface area contributed by atoms with Crippen LogP contribution in [-0.2, 0) is 0 Å². The number of hydrogen-bond donors (Lipinski definition) is 0. The number of anilines is 3. The van der Waals surface area contributed by atoms with E-state index >= 15 is 0 Å². The maximum atomic E-state index is 4.62. The van der Waals surface area contributed by atoms with Crippen LogP contribution in [0.2, 0.25) is 0 Å². The first-order valence-corrected chi connectivity index (χ1v) is 7.25. The lowest BCUT2D eigenvalue weighted by Crippen LogP contribution is -2.13. The monoisotopic (exact) mass is 299 g/mol. The lowest BCUT2D eigenvalue weighted by molar-refractivity contribution is 1.09. The molecule has 4 rings (SSSR count). The number of para-hydroxylation sites is 2. The first-order chi connectivity index (χ1) is 11.4. The van der Waals surface area contributed by atoms with E-state index in [9.17, 15) is 0 Å². The van der Waals surface area contributed by atoms with Gasteiger partial charge in [-0.3, -0.25) is 4.90 Å². The molecule has 0 N–H and O–H groups in total. The zero-order valence-corrected chi connectivity index (χ0v) is 12.2. The van der Waals surface area contributed by atoms with Gasteiger partial charge >= 0.3 is 0 Å². The summed E-state index contributed by atoms with van der Waals surface area (Å²) < 4.78 is 0. The van der Waals surface area contributed by atoms with Crippen LogP contribution >= 0.6 is 0 Å². The van der Waals surface area contributed by atoms with E-state index in [1.165, 1.54) is 6.33 Å². The highest BCUT2D eigenvalue weighted by molar-refractivity contribution is 5.77. The molecule has 0 bridgehead atoms. The van der Waals surface area contributed by atoms with Gasteiger partial charge in [0.15, 0.2) is 0 Å². The van der Waals surface area contributed by atoms with Crippen molar-refractivity contribution in [2.24, 2.45) is 0 Å². The maximum Gasteiger partial charge on any atom is 0.235 e. The van der Waals surface area contributed by atoms with Crippen LogP contribution in [-0.4, -0.2) is 19.9 Å². The molecule has 0 unspecified atom stereocenters. The van der Waals surface area contributed by atoms with Gasteiger partial charge in [-0.15, -0.1) is 0 Å². The highest BCUT2D eigenvalue weighted by atomic mass is 15.3. The standard InChI is InChI=1S/C18H13N5/c1-3-7-14(8-4-1)23(15-9-5-2-6-10-15)18-20-12-16-17(22-18)11-19-13-21-16/h1-13H. The fraction of sp³-hybridized carbons (Fsp3) is 0. The van der Waals surface area contributed by atoms with Crippen LogP contribution in [0.25, 0.3) is 11.0 Å². The molecule has 2 heterocycles. The topological polar surface area (TPSA) is 54.8 Å². The van der Waals surface area contributed by atoms with E-state index in [0.717, 1.165) is 22.4 Å². The SMILES string of the molecule is c1ccc(N(c2ccccc2)c2ncc3ncncc3n2)cc1. The third-order valence-corrected chi connectivity index (χ3v) is 3.47. The summed E-state index contributed by atoms with van der Waals surface area (Å²) in [5.74, 6) is 0.588. The minimum Gasteiger partial charge on any atom is -0.279 e. The van der Waals surface area contributed by atoms with Gasteiger partial charge in [-0.25, -0.2) is 19.9 Å². The zero-order valence-electron chi connectivity index (χ0n) is 12.2. The van der Waals surface area contributed by atoms with E-state index in [4.69, 9.17) is 0 Å². The van der Waals surface area contributed by atoms with Gasteiger partial charge in [-0.2, -0.15) is 0 Å². The Balaban J connectivity index is 1.90. The minimum absolute atomic E-state index is 0.588. The summed E-state index contributed by atoms with van der Waals surface area (Å²) in [7, 11) is 0. The summed E-state index contributed by atoms with van der Waals surface area (Å²) in [6.07, 6.45) is 4.91. The van der Waals surface area contributed by atoms with Crippen LogP contribution in [0.15, 0.2) is 79.4 Å². The van der Waals surface area contributed by atoms with Gasteiger partial charge in [0.1, 0.15) is 17.4 Å². The van der Waals surface area contributed by atoms with E-state index in [1.807, 2.05) is 65.6 Å².